The van der Waals surface area contributed by atoms with E-state index < -0.39 is 0 Å². The van der Waals surface area contributed by atoms with E-state index in [0.717, 1.165) is 44.2 Å². The number of amides is 2. The minimum atomic E-state index is 0.0205. The highest BCUT2D eigenvalue weighted by molar-refractivity contribution is 5.73. The van der Waals surface area contributed by atoms with Crippen molar-refractivity contribution < 1.29 is 19.2 Å². The lowest BCUT2D eigenvalue weighted by atomic mass is 10.1. The van der Waals surface area contributed by atoms with Gasteiger partial charge in [-0.1, -0.05) is 0 Å². The van der Waals surface area contributed by atoms with Crippen LogP contribution in [0.1, 0.15) is 5.56 Å². The van der Waals surface area contributed by atoms with Crippen LogP contribution in [0.25, 0.3) is 0 Å². The monoisotopic (exact) mass is 278 g/mol. The van der Waals surface area contributed by atoms with E-state index >= 15 is 0 Å². The van der Waals surface area contributed by atoms with Gasteiger partial charge in [0.2, 0.25) is 6.79 Å². The highest BCUT2D eigenvalue weighted by Gasteiger charge is 2.23. The summed E-state index contributed by atoms with van der Waals surface area (Å²) in [6, 6.07) is 6.14. The number of piperazine rings is 1. The number of carbonyl (C=O) groups is 1. The molecule has 0 aromatic heterocycles. The van der Waals surface area contributed by atoms with Gasteiger partial charge in [0.25, 0.3) is 0 Å². The zero-order chi connectivity index (χ0) is 13.9. The van der Waals surface area contributed by atoms with Crippen molar-refractivity contribution in [2.45, 2.75) is 6.54 Å². The maximum atomic E-state index is 11.5. The number of nitrogens with zero attached hydrogens (tertiary/aromatic N) is 1. The van der Waals surface area contributed by atoms with Crippen molar-refractivity contribution in [3.05, 3.63) is 23.8 Å². The topological polar surface area (TPSA) is 55.2 Å². The number of ether oxygens (including phenoxy) is 2. The quantitative estimate of drug-likeness (QED) is 0.763. The van der Waals surface area contributed by atoms with E-state index in [0.29, 0.717) is 6.79 Å². The third-order valence-corrected chi connectivity index (χ3v) is 3.86. The Morgan fingerprint density at radius 2 is 2.05 bits per heavy atom. The Morgan fingerprint density at radius 3 is 2.80 bits per heavy atom. The van der Waals surface area contributed by atoms with Gasteiger partial charge in [-0.25, -0.2) is 4.79 Å². The molecule has 1 aromatic rings. The first-order chi connectivity index (χ1) is 9.76. The Morgan fingerprint density at radius 1 is 1.30 bits per heavy atom. The molecule has 0 aliphatic carbocycles. The van der Waals surface area contributed by atoms with Crippen LogP contribution < -0.4 is 19.7 Å². The third-order valence-electron chi connectivity index (χ3n) is 3.86. The van der Waals surface area contributed by atoms with E-state index in [4.69, 9.17) is 9.47 Å². The molecular formula is C14H20N3O3+. The summed E-state index contributed by atoms with van der Waals surface area (Å²) in [7, 11) is 1.67. The molecule has 0 atom stereocenters. The van der Waals surface area contributed by atoms with Crippen molar-refractivity contribution in [1.82, 2.24) is 10.2 Å². The summed E-state index contributed by atoms with van der Waals surface area (Å²) in [6.07, 6.45) is 0. The molecule has 6 heteroatoms. The van der Waals surface area contributed by atoms with E-state index in [1.165, 1.54) is 10.5 Å². The molecule has 1 saturated heterocycles. The predicted molar refractivity (Wildman–Crippen MR) is 73.0 cm³/mol. The number of hydrogen-bond donors (Lipinski definition) is 2. The molecule has 1 fully saturated rings. The fraction of sp³-hybridized carbons (Fsp3) is 0.500. The second kappa shape index (κ2) is 5.58. The van der Waals surface area contributed by atoms with Crippen molar-refractivity contribution in [3.63, 3.8) is 0 Å². The van der Waals surface area contributed by atoms with Gasteiger partial charge in [0.1, 0.15) is 6.54 Å². The van der Waals surface area contributed by atoms with Crippen molar-refractivity contribution in [2.75, 3.05) is 40.0 Å². The minimum absolute atomic E-state index is 0.0205. The van der Waals surface area contributed by atoms with E-state index in [-0.39, 0.29) is 6.03 Å². The smallest absolute Gasteiger partial charge is 0.317 e. The highest BCUT2D eigenvalue weighted by Crippen LogP contribution is 2.32. The number of rotatable bonds is 2. The summed E-state index contributed by atoms with van der Waals surface area (Å²) in [5.41, 5.74) is 1.25. The molecule has 0 saturated carbocycles. The fourth-order valence-corrected chi connectivity index (χ4v) is 2.70. The minimum Gasteiger partial charge on any atom is -0.454 e. The van der Waals surface area contributed by atoms with Gasteiger partial charge >= 0.3 is 6.03 Å². The van der Waals surface area contributed by atoms with Gasteiger partial charge in [-0.2, -0.15) is 0 Å². The number of carbonyl (C=O) groups excluding carboxylic acids is 1. The zero-order valence-corrected chi connectivity index (χ0v) is 11.6. The summed E-state index contributed by atoms with van der Waals surface area (Å²) >= 11 is 0. The van der Waals surface area contributed by atoms with Crippen molar-refractivity contribution >= 4 is 6.03 Å². The van der Waals surface area contributed by atoms with Gasteiger partial charge in [-0.3, -0.25) is 0 Å². The van der Waals surface area contributed by atoms with E-state index in [9.17, 15) is 4.79 Å². The summed E-state index contributed by atoms with van der Waals surface area (Å²) in [5.74, 6) is 1.67. The van der Waals surface area contributed by atoms with E-state index in [2.05, 4.69) is 17.4 Å². The molecule has 108 valence electrons. The molecule has 2 heterocycles. The highest BCUT2D eigenvalue weighted by atomic mass is 16.7. The molecule has 0 radical (unpaired) electrons. The predicted octanol–water partition coefficient (Wildman–Crippen LogP) is -0.545. The van der Waals surface area contributed by atoms with Crippen LogP contribution in [0.3, 0.4) is 0 Å². The molecular weight excluding hydrogens is 258 g/mol. The van der Waals surface area contributed by atoms with Gasteiger partial charge in [-0.05, 0) is 18.2 Å². The first kappa shape index (κ1) is 13.1. The standard InChI is InChI=1S/C14H19N3O3/c1-15-14(18)17-6-4-16(5-7-17)9-11-2-3-12-13(8-11)20-10-19-12/h2-3,8H,4-7,9-10H2,1H3,(H,15,18)/p+1. The van der Waals surface area contributed by atoms with E-state index in [1.807, 2.05) is 11.0 Å². The van der Waals surface area contributed by atoms with Crippen LogP contribution in [-0.2, 0) is 6.54 Å². The van der Waals surface area contributed by atoms with Crippen LogP contribution in [0.4, 0.5) is 4.79 Å². The summed E-state index contributed by atoms with van der Waals surface area (Å²) < 4.78 is 10.7. The second-order valence-electron chi connectivity index (χ2n) is 5.16. The molecule has 6 nitrogen and oxygen atoms in total. The van der Waals surface area contributed by atoms with Crippen LogP contribution in [0.5, 0.6) is 11.5 Å². The fourth-order valence-electron chi connectivity index (χ4n) is 2.70. The van der Waals surface area contributed by atoms with Crippen molar-refractivity contribution in [1.29, 1.82) is 0 Å². The van der Waals surface area contributed by atoms with Crippen LogP contribution in [-0.4, -0.2) is 51.0 Å². The van der Waals surface area contributed by atoms with Crippen LogP contribution in [0.15, 0.2) is 18.2 Å². The van der Waals surface area contributed by atoms with Crippen LogP contribution >= 0.6 is 0 Å². The Balaban J connectivity index is 1.56. The van der Waals surface area contributed by atoms with Crippen molar-refractivity contribution in [3.8, 4) is 11.5 Å². The Hall–Kier alpha value is -1.95. The van der Waals surface area contributed by atoms with Gasteiger partial charge in [0.15, 0.2) is 11.5 Å². The Kier molecular flexibility index (Phi) is 3.64. The number of urea groups is 1. The summed E-state index contributed by atoms with van der Waals surface area (Å²) in [6.45, 7) is 4.83. The average molecular weight is 278 g/mol. The molecule has 0 unspecified atom stereocenters. The molecule has 2 N–H and O–H groups in total. The number of quaternary nitrogens is 1. The third kappa shape index (κ3) is 2.65. The van der Waals surface area contributed by atoms with E-state index in [1.54, 1.807) is 7.05 Å². The lowest BCUT2D eigenvalue weighted by Gasteiger charge is -2.31. The van der Waals surface area contributed by atoms with Crippen LogP contribution in [0.2, 0.25) is 0 Å². The zero-order valence-electron chi connectivity index (χ0n) is 11.6. The molecule has 3 rings (SSSR count). The molecule has 0 spiro atoms. The average Bonchev–Trinajstić information content (AvgIpc) is 2.95. The maximum Gasteiger partial charge on any atom is 0.317 e. The molecule has 20 heavy (non-hydrogen) atoms. The van der Waals surface area contributed by atoms with Gasteiger partial charge < -0.3 is 24.6 Å². The molecule has 2 aliphatic rings. The first-order valence-electron chi connectivity index (χ1n) is 6.95. The first-order valence-corrected chi connectivity index (χ1v) is 6.95. The Bertz CT molecular complexity index is 498. The SMILES string of the molecule is CNC(=O)N1CC[NH+](Cc2ccc3c(c2)OCO3)CC1. The van der Waals surface area contributed by atoms with Crippen LogP contribution in [0, 0.1) is 0 Å². The van der Waals surface area contributed by atoms with Gasteiger partial charge in [0, 0.05) is 12.6 Å². The summed E-state index contributed by atoms with van der Waals surface area (Å²) in [4.78, 5) is 14.9. The van der Waals surface area contributed by atoms with Crippen molar-refractivity contribution in [2.24, 2.45) is 0 Å². The summed E-state index contributed by atoms with van der Waals surface area (Å²) in [5, 5.41) is 2.67. The number of nitrogens with one attached hydrogen (secondary N) is 2. The number of hydrogen-bond acceptors (Lipinski definition) is 3. The molecule has 2 amide bonds. The lowest BCUT2D eigenvalue weighted by Crippen LogP contribution is -3.13. The molecule has 1 aromatic carbocycles. The molecule has 0 bridgehead atoms. The largest absolute Gasteiger partial charge is 0.454 e. The normalized spacial score (nSPS) is 18.1. The maximum absolute atomic E-state index is 11.5. The second-order valence-corrected chi connectivity index (χ2v) is 5.16. The van der Waals surface area contributed by atoms with Gasteiger partial charge in [0.05, 0.1) is 26.2 Å². The van der Waals surface area contributed by atoms with Gasteiger partial charge in [-0.15, -0.1) is 0 Å². The Labute approximate surface area is 118 Å². The molecule has 2 aliphatic heterocycles. The lowest BCUT2D eigenvalue weighted by molar-refractivity contribution is -0.917. The number of benzene rings is 1. The number of fused-ring (bicyclic) bond motifs is 1.